The van der Waals surface area contributed by atoms with E-state index in [9.17, 15) is 18.7 Å². The Bertz CT molecular complexity index is 1470. The Morgan fingerprint density at radius 2 is 1.66 bits per heavy atom. The average molecular weight is 518 g/mol. The first-order chi connectivity index (χ1) is 18.4. The van der Waals surface area contributed by atoms with E-state index in [1.807, 2.05) is 18.2 Å². The van der Waals surface area contributed by atoms with Gasteiger partial charge in [0, 0.05) is 42.1 Å². The van der Waals surface area contributed by atoms with Gasteiger partial charge in [0.25, 0.3) is 0 Å². The van der Waals surface area contributed by atoms with Crippen molar-refractivity contribution < 1.29 is 28.3 Å². The maximum Gasteiger partial charge on any atom is 0.303 e. The van der Waals surface area contributed by atoms with Gasteiger partial charge >= 0.3 is 5.97 Å². The molecule has 0 spiro atoms. The summed E-state index contributed by atoms with van der Waals surface area (Å²) < 4.78 is 32.2. The standard InChI is InChI=1S/C29H25F2N3O4/c30-20-8-5-18(6-9-20)15-23-17-25(33-38-23)19-7-14-24-26(16-19)32-27(3-1-2-4-28(35)36)34(29(24)37)22-12-10-21(31)11-13-22/h5-14,16-17,29,37H,1-4,15H2,(H,35,36). The molecular formula is C29H25F2N3O4. The number of halogens is 2. The van der Waals surface area contributed by atoms with Crippen molar-refractivity contribution in [3.05, 3.63) is 101 Å². The highest BCUT2D eigenvalue weighted by molar-refractivity contribution is 6.01. The molecule has 1 unspecified atom stereocenters. The molecule has 0 saturated carbocycles. The fourth-order valence-corrected chi connectivity index (χ4v) is 4.45. The zero-order chi connectivity index (χ0) is 26.6. The second-order valence-electron chi connectivity index (χ2n) is 9.10. The van der Waals surface area contributed by atoms with E-state index < -0.39 is 18.0 Å². The number of carboxylic acid groups (broad SMARTS) is 1. The lowest BCUT2D eigenvalue weighted by Gasteiger charge is -2.35. The van der Waals surface area contributed by atoms with E-state index >= 15 is 0 Å². The Morgan fingerprint density at radius 3 is 2.37 bits per heavy atom. The van der Waals surface area contributed by atoms with Crippen LogP contribution in [0, 0.1) is 11.6 Å². The molecule has 2 heterocycles. The van der Waals surface area contributed by atoms with Crippen LogP contribution < -0.4 is 4.90 Å². The highest BCUT2D eigenvalue weighted by atomic mass is 19.1. The van der Waals surface area contributed by atoms with Crippen LogP contribution in [0.4, 0.5) is 20.2 Å². The van der Waals surface area contributed by atoms with Crippen molar-refractivity contribution in [3.8, 4) is 11.3 Å². The maximum absolute atomic E-state index is 13.6. The van der Waals surface area contributed by atoms with Crippen molar-refractivity contribution in [2.45, 2.75) is 38.3 Å². The molecule has 0 bridgehead atoms. The number of nitrogens with zero attached hydrogens (tertiary/aromatic N) is 3. The Morgan fingerprint density at radius 1 is 0.947 bits per heavy atom. The lowest BCUT2D eigenvalue weighted by molar-refractivity contribution is -0.137. The van der Waals surface area contributed by atoms with E-state index in [4.69, 9.17) is 14.6 Å². The second kappa shape index (κ2) is 10.9. The first-order valence-electron chi connectivity index (χ1n) is 12.2. The van der Waals surface area contributed by atoms with Gasteiger partial charge in [-0.25, -0.2) is 13.8 Å². The van der Waals surface area contributed by atoms with Crippen molar-refractivity contribution in [2.75, 3.05) is 4.90 Å². The van der Waals surface area contributed by atoms with Crippen LogP contribution in [0.3, 0.4) is 0 Å². The van der Waals surface area contributed by atoms with Gasteiger partial charge in [-0.3, -0.25) is 9.69 Å². The summed E-state index contributed by atoms with van der Waals surface area (Å²) in [6, 6.07) is 19.2. The van der Waals surface area contributed by atoms with E-state index in [-0.39, 0.29) is 12.2 Å². The lowest BCUT2D eigenvalue weighted by Crippen LogP contribution is -2.37. The minimum absolute atomic E-state index is 0.0412. The monoisotopic (exact) mass is 517 g/mol. The Labute approximate surface area is 217 Å². The van der Waals surface area contributed by atoms with E-state index in [0.717, 1.165) is 11.1 Å². The fourth-order valence-electron chi connectivity index (χ4n) is 4.45. The number of benzene rings is 3. The molecule has 1 aliphatic rings. The van der Waals surface area contributed by atoms with Crippen molar-refractivity contribution in [1.82, 2.24) is 5.16 Å². The summed E-state index contributed by atoms with van der Waals surface area (Å²) in [6.45, 7) is 0. The van der Waals surface area contributed by atoms with Gasteiger partial charge in [0.1, 0.15) is 28.9 Å². The highest BCUT2D eigenvalue weighted by Crippen LogP contribution is 2.39. The molecule has 1 atom stereocenters. The fraction of sp³-hybridized carbons (Fsp3) is 0.207. The van der Waals surface area contributed by atoms with E-state index in [0.29, 0.717) is 59.9 Å². The molecule has 4 aromatic rings. The number of aliphatic hydroxyl groups excluding tert-OH is 1. The van der Waals surface area contributed by atoms with E-state index in [1.54, 1.807) is 35.2 Å². The molecule has 0 radical (unpaired) electrons. The minimum Gasteiger partial charge on any atom is -0.481 e. The Kier molecular flexibility index (Phi) is 7.28. The summed E-state index contributed by atoms with van der Waals surface area (Å²) >= 11 is 0. The number of fused-ring (bicyclic) bond motifs is 1. The largest absolute Gasteiger partial charge is 0.481 e. The Hall–Kier alpha value is -4.37. The van der Waals surface area contributed by atoms with Crippen LogP contribution in [-0.4, -0.2) is 27.2 Å². The third-order valence-corrected chi connectivity index (χ3v) is 6.37. The normalized spacial score (nSPS) is 14.8. The molecule has 1 aliphatic heterocycles. The van der Waals surface area contributed by atoms with Gasteiger partial charge in [-0.15, -0.1) is 0 Å². The molecule has 194 valence electrons. The molecule has 0 amide bonds. The SMILES string of the molecule is O=C(O)CCCCC1=Nc2cc(-c3cc(Cc4ccc(F)cc4)on3)ccc2C(O)N1c1ccc(F)cc1. The molecule has 7 nitrogen and oxygen atoms in total. The number of hydrogen-bond acceptors (Lipinski definition) is 6. The van der Waals surface area contributed by atoms with Gasteiger partial charge in [-0.05, 0) is 60.9 Å². The van der Waals surface area contributed by atoms with Gasteiger partial charge in [-0.1, -0.05) is 29.4 Å². The molecule has 38 heavy (non-hydrogen) atoms. The average Bonchev–Trinajstić information content (AvgIpc) is 3.37. The third kappa shape index (κ3) is 5.63. The number of carbonyl (C=O) groups is 1. The summed E-state index contributed by atoms with van der Waals surface area (Å²) in [5, 5.41) is 24.4. The predicted octanol–water partition coefficient (Wildman–Crippen LogP) is 6.40. The highest BCUT2D eigenvalue weighted by Gasteiger charge is 2.30. The van der Waals surface area contributed by atoms with E-state index in [1.165, 1.54) is 24.3 Å². The quantitative estimate of drug-likeness (QED) is 0.249. The van der Waals surface area contributed by atoms with Crippen LogP contribution in [0.25, 0.3) is 11.3 Å². The summed E-state index contributed by atoms with van der Waals surface area (Å²) in [5.41, 5.74) is 3.94. The molecule has 9 heteroatoms. The van der Waals surface area contributed by atoms with Gasteiger partial charge < -0.3 is 14.7 Å². The van der Waals surface area contributed by atoms with Crippen molar-refractivity contribution in [2.24, 2.45) is 4.99 Å². The molecule has 2 N–H and O–H groups in total. The number of rotatable bonds is 9. The number of aliphatic hydroxyl groups is 1. The van der Waals surface area contributed by atoms with Crippen LogP contribution in [0.15, 0.2) is 82.3 Å². The maximum atomic E-state index is 13.6. The number of aliphatic imine (C=N–C) groups is 1. The van der Waals surface area contributed by atoms with Gasteiger partial charge in [-0.2, -0.15) is 0 Å². The van der Waals surface area contributed by atoms with Gasteiger partial charge in [0.15, 0.2) is 6.23 Å². The van der Waals surface area contributed by atoms with Crippen LogP contribution in [0.1, 0.15) is 48.8 Å². The minimum atomic E-state index is -1.07. The van der Waals surface area contributed by atoms with Crippen molar-refractivity contribution in [1.29, 1.82) is 0 Å². The second-order valence-corrected chi connectivity index (χ2v) is 9.10. The zero-order valence-electron chi connectivity index (χ0n) is 20.3. The Balaban J connectivity index is 1.43. The number of carboxylic acids is 1. The molecule has 5 rings (SSSR count). The van der Waals surface area contributed by atoms with Crippen LogP contribution >= 0.6 is 0 Å². The number of aromatic nitrogens is 1. The molecule has 0 saturated heterocycles. The summed E-state index contributed by atoms with van der Waals surface area (Å²) in [5.74, 6) is -0.391. The molecule has 0 fully saturated rings. The molecule has 1 aromatic heterocycles. The van der Waals surface area contributed by atoms with Gasteiger partial charge in [0.2, 0.25) is 0 Å². The number of hydrogen-bond donors (Lipinski definition) is 2. The predicted molar refractivity (Wildman–Crippen MR) is 138 cm³/mol. The summed E-state index contributed by atoms with van der Waals surface area (Å²) in [4.78, 5) is 17.4. The smallest absolute Gasteiger partial charge is 0.303 e. The van der Waals surface area contributed by atoms with Gasteiger partial charge in [0.05, 0.1) is 5.69 Å². The zero-order valence-corrected chi connectivity index (χ0v) is 20.3. The van der Waals surface area contributed by atoms with Crippen molar-refractivity contribution >= 4 is 23.2 Å². The summed E-state index contributed by atoms with van der Waals surface area (Å²) in [7, 11) is 0. The lowest BCUT2D eigenvalue weighted by atomic mass is 10.0. The van der Waals surface area contributed by atoms with Crippen LogP contribution in [0.5, 0.6) is 0 Å². The first kappa shape index (κ1) is 25.3. The number of unbranched alkanes of at least 4 members (excludes halogenated alkanes) is 1. The summed E-state index contributed by atoms with van der Waals surface area (Å²) in [6.07, 6.45) is 0.881. The van der Waals surface area contributed by atoms with Crippen LogP contribution in [-0.2, 0) is 11.2 Å². The number of anilines is 1. The van der Waals surface area contributed by atoms with E-state index in [2.05, 4.69) is 5.16 Å². The number of aliphatic carboxylic acids is 1. The molecule has 0 aliphatic carbocycles. The number of amidine groups is 1. The first-order valence-corrected chi connectivity index (χ1v) is 12.2. The third-order valence-electron chi connectivity index (χ3n) is 6.37. The molecular weight excluding hydrogens is 492 g/mol. The van der Waals surface area contributed by atoms with Crippen molar-refractivity contribution in [3.63, 3.8) is 0 Å². The topological polar surface area (TPSA) is 99.2 Å². The molecule has 3 aromatic carbocycles. The van der Waals surface area contributed by atoms with Crippen LogP contribution in [0.2, 0.25) is 0 Å².